The van der Waals surface area contributed by atoms with Crippen LogP contribution in [0.3, 0.4) is 0 Å². The van der Waals surface area contributed by atoms with Crippen molar-refractivity contribution in [3.05, 3.63) is 22.7 Å². The van der Waals surface area contributed by atoms with Gasteiger partial charge in [-0.05, 0) is 33.4 Å². The van der Waals surface area contributed by atoms with Crippen LogP contribution in [0.15, 0.2) is 17.2 Å². The van der Waals surface area contributed by atoms with Crippen molar-refractivity contribution in [2.75, 3.05) is 32.1 Å². The van der Waals surface area contributed by atoms with Crippen LogP contribution in [0.5, 0.6) is 0 Å². The summed E-state index contributed by atoms with van der Waals surface area (Å²) in [6.07, 6.45) is 5.94. The molecule has 2 aliphatic rings. The first-order valence-electron chi connectivity index (χ1n) is 7.23. The molecule has 1 aromatic heterocycles. The SMILES string of the molecule is CN(C)CC1CC(O)CN1c1nccn(C2CC2)c1=O. The molecule has 0 spiro atoms. The Labute approximate surface area is 118 Å². The first-order valence-corrected chi connectivity index (χ1v) is 7.23. The molecule has 1 saturated heterocycles. The lowest BCUT2D eigenvalue weighted by molar-refractivity contribution is 0.191. The third kappa shape index (κ3) is 2.58. The van der Waals surface area contributed by atoms with E-state index >= 15 is 0 Å². The number of aliphatic hydroxyl groups is 1. The van der Waals surface area contributed by atoms with E-state index in [0.29, 0.717) is 24.8 Å². The smallest absolute Gasteiger partial charge is 0.293 e. The number of rotatable bonds is 4. The zero-order chi connectivity index (χ0) is 14.3. The normalized spacial score (nSPS) is 26.5. The standard InChI is InChI=1S/C14H22N4O2/c1-16(2)8-11-7-12(19)9-18(11)13-14(20)17(6-5-15-13)10-3-4-10/h5-6,10-12,19H,3-4,7-9H2,1-2H3. The van der Waals surface area contributed by atoms with Gasteiger partial charge in [0.2, 0.25) is 0 Å². The second kappa shape index (κ2) is 5.18. The molecule has 0 aromatic carbocycles. The first-order chi connectivity index (χ1) is 9.56. The highest BCUT2D eigenvalue weighted by Gasteiger charge is 2.34. The number of hydrogen-bond donors (Lipinski definition) is 1. The molecule has 0 radical (unpaired) electrons. The highest BCUT2D eigenvalue weighted by atomic mass is 16.3. The van der Waals surface area contributed by atoms with Crippen molar-refractivity contribution in [1.29, 1.82) is 0 Å². The van der Waals surface area contributed by atoms with E-state index in [1.165, 1.54) is 0 Å². The second-order valence-corrected chi connectivity index (χ2v) is 6.15. The number of nitrogens with zero attached hydrogens (tertiary/aromatic N) is 4. The topological polar surface area (TPSA) is 61.6 Å². The van der Waals surface area contributed by atoms with Gasteiger partial charge in [0.05, 0.1) is 6.10 Å². The van der Waals surface area contributed by atoms with Crippen molar-refractivity contribution in [2.24, 2.45) is 0 Å². The quantitative estimate of drug-likeness (QED) is 0.845. The Bertz CT molecular complexity index is 538. The van der Waals surface area contributed by atoms with Crippen LogP contribution in [0.25, 0.3) is 0 Å². The minimum Gasteiger partial charge on any atom is -0.391 e. The number of likely N-dealkylation sites (N-methyl/N-ethyl adjacent to an activating group) is 1. The summed E-state index contributed by atoms with van der Waals surface area (Å²) in [5.41, 5.74) is -0.0205. The molecule has 110 valence electrons. The van der Waals surface area contributed by atoms with E-state index in [1.54, 1.807) is 17.0 Å². The van der Waals surface area contributed by atoms with E-state index in [1.807, 2.05) is 19.0 Å². The van der Waals surface area contributed by atoms with E-state index in [4.69, 9.17) is 0 Å². The largest absolute Gasteiger partial charge is 0.391 e. The summed E-state index contributed by atoms with van der Waals surface area (Å²) in [4.78, 5) is 20.9. The van der Waals surface area contributed by atoms with Crippen LogP contribution in [0, 0.1) is 0 Å². The summed E-state index contributed by atoms with van der Waals surface area (Å²) in [5, 5.41) is 9.93. The molecule has 0 amide bonds. The minimum atomic E-state index is -0.379. The van der Waals surface area contributed by atoms with Gasteiger partial charge in [-0.2, -0.15) is 0 Å². The fourth-order valence-corrected chi connectivity index (χ4v) is 3.00. The summed E-state index contributed by atoms with van der Waals surface area (Å²) in [5.74, 6) is 0.489. The summed E-state index contributed by atoms with van der Waals surface area (Å²) in [6.45, 7) is 1.31. The highest BCUT2D eigenvalue weighted by molar-refractivity contribution is 5.40. The molecule has 6 nitrogen and oxygen atoms in total. The second-order valence-electron chi connectivity index (χ2n) is 6.15. The van der Waals surface area contributed by atoms with Crippen LogP contribution >= 0.6 is 0 Å². The number of hydrogen-bond acceptors (Lipinski definition) is 5. The van der Waals surface area contributed by atoms with E-state index in [-0.39, 0.29) is 17.7 Å². The van der Waals surface area contributed by atoms with E-state index in [9.17, 15) is 9.90 Å². The van der Waals surface area contributed by atoms with Crippen molar-refractivity contribution < 1.29 is 5.11 Å². The maximum Gasteiger partial charge on any atom is 0.293 e. The van der Waals surface area contributed by atoms with Gasteiger partial charge in [-0.25, -0.2) is 4.98 Å². The van der Waals surface area contributed by atoms with Gasteiger partial charge in [-0.1, -0.05) is 0 Å². The molecule has 1 aliphatic carbocycles. The Morgan fingerprint density at radius 3 is 2.85 bits per heavy atom. The van der Waals surface area contributed by atoms with Crippen molar-refractivity contribution >= 4 is 5.82 Å². The number of β-amino-alcohol motifs (C(OH)–C–C–N with tert-alkyl or cyclic N) is 1. The predicted octanol–water partition coefficient (Wildman–Crippen LogP) is 0.0794. The van der Waals surface area contributed by atoms with Gasteiger partial charge in [0.1, 0.15) is 0 Å². The maximum atomic E-state index is 12.5. The van der Waals surface area contributed by atoms with Crippen LogP contribution in [0.4, 0.5) is 5.82 Å². The van der Waals surface area contributed by atoms with Gasteiger partial charge in [0.15, 0.2) is 5.82 Å². The third-order valence-corrected chi connectivity index (χ3v) is 4.03. The average molecular weight is 278 g/mol. The van der Waals surface area contributed by atoms with Gasteiger partial charge in [-0.3, -0.25) is 4.79 Å². The fraction of sp³-hybridized carbons (Fsp3) is 0.714. The lowest BCUT2D eigenvalue weighted by Gasteiger charge is -2.27. The van der Waals surface area contributed by atoms with Crippen molar-refractivity contribution in [1.82, 2.24) is 14.5 Å². The molecule has 2 fully saturated rings. The van der Waals surface area contributed by atoms with Crippen LogP contribution in [0.2, 0.25) is 0 Å². The Hall–Kier alpha value is -1.40. The molecule has 0 bridgehead atoms. The summed E-state index contributed by atoms with van der Waals surface area (Å²) in [7, 11) is 4.01. The Morgan fingerprint density at radius 1 is 1.45 bits per heavy atom. The van der Waals surface area contributed by atoms with Gasteiger partial charge < -0.3 is 19.5 Å². The van der Waals surface area contributed by atoms with Gasteiger partial charge >= 0.3 is 0 Å². The maximum absolute atomic E-state index is 12.5. The zero-order valence-electron chi connectivity index (χ0n) is 12.1. The molecule has 2 heterocycles. The van der Waals surface area contributed by atoms with Gasteiger partial charge in [0, 0.05) is 37.6 Å². The molecule has 20 heavy (non-hydrogen) atoms. The lowest BCUT2D eigenvalue weighted by Crippen LogP contribution is -2.41. The fourth-order valence-electron chi connectivity index (χ4n) is 3.00. The van der Waals surface area contributed by atoms with Crippen LogP contribution < -0.4 is 10.5 Å². The summed E-state index contributed by atoms with van der Waals surface area (Å²) in [6, 6.07) is 0.499. The molecule has 2 atom stereocenters. The first kappa shape index (κ1) is 13.6. The highest BCUT2D eigenvalue weighted by Crippen LogP contribution is 2.33. The van der Waals surface area contributed by atoms with Crippen LogP contribution in [0.1, 0.15) is 25.3 Å². The molecule has 2 unspecified atom stereocenters. The Balaban J connectivity index is 1.90. The van der Waals surface area contributed by atoms with Crippen LogP contribution in [-0.2, 0) is 0 Å². The zero-order valence-corrected chi connectivity index (χ0v) is 12.1. The number of aromatic nitrogens is 2. The minimum absolute atomic E-state index is 0.0205. The van der Waals surface area contributed by atoms with Crippen LogP contribution in [-0.4, -0.2) is 58.9 Å². The monoisotopic (exact) mass is 278 g/mol. The Kier molecular flexibility index (Phi) is 3.52. The molecular weight excluding hydrogens is 256 g/mol. The third-order valence-electron chi connectivity index (χ3n) is 4.03. The van der Waals surface area contributed by atoms with E-state index < -0.39 is 0 Å². The van der Waals surface area contributed by atoms with Gasteiger partial charge in [-0.15, -0.1) is 0 Å². The summed E-state index contributed by atoms with van der Waals surface area (Å²) < 4.78 is 1.79. The molecule has 1 saturated carbocycles. The number of anilines is 1. The lowest BCUT2D eigenvalue weighted by atomic mass is 10.2. The van der Waals surface area contributed by atoms with Crippen molar-refractivity contribution in [2.45, 2.75) is 37.5 Å². The Morgan fingerprint density at radius 2 is 2.20 bits per heavy atom. The van der Waals surface area contributed by atoms with Gasteiger partial charge in [0.25, 0.3) is 5.56 Å². The van der Waals surface area contributed by atoms with Crippen molar-refractivity contribution in [3.8, 4) is 0 Å². The molecule has 1 N–H and O–H groups in total. The van der Waals surface area contributed by atoms with Crippen molar-refractivity contribution in [3.63, 3.8) is 0 Å². The average Bonchev–Trinajstić information content (AvgIpc) is 3.14. The predicted molar refractivity (Wildman–Crippen MR) is 77.1 cm³/mol. The molecule has 3 rings (SSSR count). The molecular formula is C14H22N4O2. The summed E-state index contributed by atoms with van der Waals surface area (Å²) >= 11 is 0. The molecule has 6 heteroatoms. The molecule has 1 aromatic rings. The molecule has 1 aliphatic heterocycles. The van der Waals surface area contributed by atoms with E-state index in [2.05, 4.69) is 9.88 Å². The van der Waals surface area contributed by atoms with E-state index in [0.717, 1.165) is 19.4 Å². The number of aliphatic hydroxyl groups excluding tert-OH is 1.